The van der Waals surface area contributed by atoms with Crippen LogP contribution in [-0.2, 0) is 0 Å². The van der Waals surface area contributed by atoms with Crippen molar-refractivity contribution >= 4 is 15.9 Å². The molecular weight excluding hydrogens is 304 g/mol. The summed E-state index contributed by atoms with van der Waals surface area (Å²) in [5, 5.41) is 0. The van der Waals surface area contributed by atoms with Crippen molar-refractivity contribution < 1.29 is 4.74 Å². The van der Waals surface area contributed by atoms with Crippen LogP contribution in [0, 0.1) is 0 Å². The Kier molecular flexibility index (Phi) is 5.25. The third kappa shape index (κ3) is 3.94. The predicted molar refractivity (Wildman–Crippen MR) is 82.5 cm³/mol. The molecule has 2 rings (SSSR count). The minimum absolute atomic E-state index is 0.0376. The molecule has 1 aromatic rings. The lowest BCUT2D eigenvalue weighted by atomic mass is 10.1. The van der Waals surface area contributed by atoms with E-state index in [1.54, 1.807) is 0 Å². The lowest BCUT2D eigenvalue weighted by Crippen LogP contribution is -2.26. The molecule has 0 saturated carbocycles. The first kappa shape index (κ1) is 14.8. The van der Waals surface area contributed by atoms with Gasteiger partial charge in [0.2, 0.25) is 0 Å². The Labute approximate surface area is 124 Å². The van der Waals surface area contributed by atoms with E-state index in [-0.39, 0.29) is 6.04 Å². The van der Waals surface area contributed by atoms with Crippen molar-refractivity contribution in [1.29, 1.82) is 0 Å². The van der Waals surface area contributed by atoms with E-state index >= 15 is 0 Å². The highest BCUT2D eigenvalue weighted by Gasteiger charge is 2.20. The number of halogens is 1. The van der Waals surface area contributed by atoms with Gasteiger partial charge in [0.1, 0.15) is 5.75 Å². The molecule has 0 aliphatic carbocycles. The molecule has 0 bridgehead atoms. The van der Waals surface area contributed by atoms with E-state index in [0.717, 1.165) is 28.8 Å². The molecule has 2 N–H and O–H groups in total. The maximum Gasteiger partial charge on any atom is 0.120 e. The van der Waals surface area contributed by atoms with Crippen molar-refractivity contribution in [2.45, 2.75) is 38.3 Å². The third-order valence-corrected chi connectivity index (χ3v) is 4.54. The van der Waals surface area contributed by atoms with Crippen LogP contribution in [-0.4, -0.2) is 31.1 Å². The van der Waals surface area contributed by atoms with E-state index in [2.05, 4.69) is 27.9 Å². The smallest absolute Gasteiger partial charge is 0.120 e. The molecule has 3 nitrogen and oxygen atoms in total. The van der Waals surface area contributed by atoms with Gasteiger partial charge < -0.3 is 15.4 Å². The van der Waals surface area contributed by atoms with Crippen molar-refractivity contribution in [1.82, 2.24) is 4.90 Å². The number of rotatable bonds is 5. The van der Waals surface area contributed by atoms with Gasteiger partial charge in [-0.1, -0.05) is 22.0 Å². The molecule has 2 unspecified atom stereocenters. The molecule has 1 saturated heterocycles. The fourth-order valence-corrected chi connectivity index (χ4v) is 3.34. The van der Waals surface area contributed by atoms with Crippen molar-refractivity contribution in [2.75, 3.05) is 20.2 Å². The van der Waals surface area contributed by atoms with E-state index in [1.807, 2.05) is 25.1 Å². The Balaban J connectivity index is 1.84. The summed E-state index contributed by atoms with van der Waals surface area (Å²) in [6, 6.07) is 6.77. The number of benzene rings is 1. The standard InChI is InChI=1S/C15H23BrN2O/c1-11(17)14-6-5-13(10-15(14)16)19-9-7-12-4-3-8-18(12)2/h5-6,10-12H,3-4,7-9,17H2,1-2H3. The van der Waals surface area contributed by atoms with Gasteiger partial charge in [-0.3, -0.25) is 0 Å². The average Bonchev–Trinajstić information content (AvgIpc) is 2.75. The molecule has 2 atom stereocenters. The normalized spacial score (nSPS) is 21.6. The van der Waals surface area contributed by atoms with Crippen LogP contribution in [0.25, 0.3) is 0 Å². The highest BCUT2D eigenvalue weighted by molar-refractivity contribution is 9.10. The zero-order chi connectivity index (χ0) is 13.8. The van der Waals surface area contributed by atoms with Gasteiger partial charge in [0, 0.05) is 16.6 Å². The van der Waals surface area contributed by atoms with E-state index in [4.69, 9.17) is 10.5 Å². The Bertz CT molecular complexity index is 423. The molecule has 4 heteroatoms. The maximum atomic E-state index is 5.89. The fourth-order valence-electron chi connectivity index (χ4n) is 2.62. The summed E-state index contributed by atoms with van der Waals surface area (Å²) in [6.07, 6.45) is 3.71. The number of ether oxygens (including phenoxy) is 1. The second-order valence-corrected chi connectivity index (χ2v) is 6.24. The zero-order valence-electron chi connectivity index (χ0n) is 11.7. The Morgan fingerprint density at radius 3 is 2.89 bits per heavy atom. The molecule has 106 valence electrons. The summed E-state index contributed by atoms with van der Waals surface area (Å²) in [5.41, 5.74) is 7.00. The molecule has 0 amide bonds. The first-order valence-corrected chi connectivity index (χ1v) is 7.75. The molecule has 0 spiro atoms. The molecule has 1 aliphatic heterocycles. The average molecular weight is 327 g/mol. The second kappa shape index (κ2) is 6.73. The van der Waals surface area contributed by atoms with Crippen molar-refractivity contribution in [3.63, 3.8) is 0 Å². The molecule has 1 fully saturated rings. The second-order valence-electron chi connectivity index (χ2n) is 5.39. The van der Waals surface area contributed by atoms with Crippen LogP contribution < -0.4 is 10.5 Å². The minimum atomic E-state index is 0.0376. The summed E-state index contributed by atoms with van der Waals surface area (Å²) in [6.45, 7) is 3.98. The summed E-state index contributed by atoms with van der Waals surface area (Å²) in [7, 11) is 2.20. The lowest BCUT2D eigenvalue weighted by Gasteiger charge is -2.19. The highest BCUT2D eigenvalue weighted by atomic mass is 79.9. The lowest BCUT2D eigenvalue weighted by molar-refractivity contribution is 0.233. The molecule has 1 aromatic carbocycles. The van der Waals surface area contributed by atoms with Gasteiger partial charge in [-0.05, 0) is 57.5 Å². The van der Waals surface area contributed by atoms with Crippen LogP contribution in [0.3, 0.4) is 0 Å². The van der Waals surface area contributed by atoms with Gasteiger partial charge in [-0.25, -0.2) is 0 Å². The predicted octanol–water partition coefficient (Wildman–Crippen LogP) is 3.33. The largest absolute Gasteiger partial charge is 0.493 e. The van der Waals surface area contributed by atoms with Crippen molar-refractivity contribution in [3.05, 3.63) is 28.2 Å². The molecular formula is C15H23BrN2O. The van der Waals surface area contributed by atoms with Crippen molar-refractivity contribution in [3.8, 4) is 5.75 Å². The number of nitrogens with zero attached hydrogens (tertiary/aromatic N) is 1. The topological polar surface area (TPSA) is 38.5 Å². The van der Waals surface area contributed by atoms with Crippen molar-refractivity contribution in [2.24, 2.45) is 5.73 Å². The number of hydrogen-bond acceptors (Lipinski definition) is 3. The van der Waals surface area contributed by atoms with Crippen LogP contribution >= 0.6 is 15.9 Å². The fraction of sp³-hybridized carbons (Fsp3) is 0.600. The Morgan fingerprint density at radius 1 is 1.53 bits per heavy atom. The Hall–Kier alpha value is -0.580. The first-order valence-electron chi connectivity index (χ1n) is 6.96. The van der Waals surface area contributed by atoms with Crippen LogP contribution in [0.15, 0.2) is 22.7 Å². The number of nitrogens with two attached hydrogens (primary N) is 1. The zero-order valence-corrected chi connectivity index (χ0v) is 13.3. The van der Waals surface area contributed by atoms with Gasteiger partial charge in [0.15, 0.2) is 0 Å². The van der Waals surface area contributed by atoms with E-state index in [9.17, 15) is 0 Å². The molecule has 1 aliphatic rings. The van der Waals surface area contributed by atoms with Gasteiger partial charge in [0.05, 0.1) is 6.61 Å². The molecule has 0 radical (unpaired) electrons. The molecule has 1 heterocycles. The van der Waals surface area contributed by atoms with Gasteiger partial charge >= 0.3 is 0 Å². The monoisotopic (exact) mass is 326 g/mol. The van der Waals surface area contributed by atoms with Crippen LogP contribution in [0.1, 0.15) is 37.8 Å². The highest BCUT2D eigenvalue weighted by Crippen LogP contribution is 2.27. The molecule has 0 aromatic heterocycles. The summed E-state index contributed by atoms with van der Waals surface area (Å²) in [4.78, 5) is 2.43. The van der Waals surface area contributed by atoms with Gasteiger partial charge in [-0.2, -0.15) is 0 Å². The van der Waals surface area contributed by atoms with Crippen LogP contribution in [0.5, 0.6) is 5.75 Å². The molecule has 19 heavy (non-hydrogen) atoms. The Morgan fingerprint density at radius 2 is 2.32 bits per heavy atom. The maximum absolute atomic E-state index is 5.89. The van der Waals surface area contributed by atoms with Crippen LogP contribution in [0.2, 0.25) is 0 Å². The van der Waals surface area contributed by atoms with E-state index in [0.29, 0.717) is 6.04 Å². The SMILES string of the molecule is CC(N)c1ccc(OCCC2CCCN2C)cc1Br. The van der Waals surface area contributed by atoms with E-state index in [1.165, 1.54) is 19.4 Å². The first-order chi connectivity index (χ1) is 9.08. The summed E-state index contributed by atoms with van der Waals surface area (Å²) < 4.78 is 6.86. The van der Waals surface area contributed by atoms with Gasteiger partial charge in [0.25, 0.3) is 0 Å². The quantitative estimate of drug-likeness (QED) is 0.901. The summed E-state index contributed by atoms with van der Waals surface area (Å²) >= 11 is 3.55. The van der Waals surface area contributed by atoms with Gasteiger partial charge in [-0.15, -0.1) is 0 Å². The summed E-state index contributed by atoms with van der Waals surface area (Å²) in [5.74, 6) is 0.914. The van der Waals surface area contributed by atoms with Crippen LogP contribution in [0.4, 0.5) is 0 Å². The number of hydrogen-bond donors (Lipinski definition) is 1. The minimum Gasteiger partial charge on any atom is -0.493 e. The third-order valence-electron chi connectivity index (χ3n) is 3.85. The van der Waals surface area contributed by atoms with E-state index < -0.39 is 0 Å². The number of likely N-dealkylation sites (tertiary alicyclic amines) is 1.